The molecule has 3 heteroatoms. The number of nitrogens with zero attached hydrogens (tertiary/aromatic N) is 1. The first-order chi connectivity index (χ1) is 7.38. The fraction of sp³-hybridized carbons (Fsp3) is 0.923. The van der Waals surface area contributed by atoms with E-state index in [1.165, 1.54) is 0 Å². The van der Waals surface area contributed by atoms with Crippen LogP contribution < -0.4 is 0 Å². The molecular formula is C13H25NOS. The molecule has 1 aliphatic heterocycles. The lowest BCUT2D eigenvalue weighted by molar-refractivity contribution is -0.128. The van der Waals surface area contributed by atoms with Crippen molar-refractivity contribution >= 4 is 18.5 Å². The monoisotopic (exact) mass is 243 g/mol. The summed E-state index contributed by atoms with van der Waals surface area (Å²) in [7, 11) is 0. The van der Waals surface area contributed by atoms with Crippen LogP contribution in [0.2, 0.25) is 0 Å². The van der Waals surface area contributed by atoms with E-state index in [9.17, 15) is 4.79 Å². The zero-order valence-corrected chi connectivity index (χ0v) is 11.9. The van der Waals surface area contributed by atoms with Gasteiger partial charge in [0.1, 0.15) is 0 Å². The quantitative estimate of drug-likeness (QED) is 0.753. The Balaban J connectivity index is 2.56. The summed E-state index contributed by atoms with van der Waals surface area (Å²) in [6, 6.07) is 0. The number of amides is 1. The molecule has 1 fully saturated rings. The van der Waals surface area contributed by atoms with Gasteiger partial charge in [0.15, 0.2) is 0 Å². The maximum Gasteiger partial charge on any atom is 0.222 e. The molecule has 0 aliphatic carbocycles. The molecule has 0 radical (unpaired) electrons. The van der Waals surface area contributed by atoms with Crippen LogP contribution in [0.4, 0.5) is 0 Å². The summed E-state index contributed by atoms with van der Waals surface area (Å²) in [5.41, 5.74) is 0.229. The summed E-state index contributed by atoms with van der Waals surface area (Å²) in [6.07, 6.45) is 1.86. The van der Waals surface area contributed by atoms with Crippen LogP contribution in [0.3, 0.4) is 0 Å². The van der Waals surface area contributed by atoms with Crippen LogP contribution in [0.5, 0.6) is 0 Å². The highest BCUT2D eigenvalue weighted by molar-refractivity contribution is 7.80. The fourth-order valence-electron chi connectivity index (χ4n) is 2.18. The number of carbonyl (C=O) groups excluding carboxylic acids is 1. The standard InChI is InChI=1S/C13H25NOS/c1-5-10-6-12(15)14(7-10)8-11(9-16)13(2,3)4/h10-11,16H,5-9H2,1-4H3. The Bertz CT molecular complexity index is 247. The second-order valence-electron chi connectivity index (χ2n) is 6.02. The van der Waals surface area contributed by atoms with Gasteiger partial charge in [-0.15, -0.1) is 0 Å². The van der Waals surface area contributed by atoms with Gasteiger partial charge in [-0.3, -0.25) is 4.79 Å². The predicted molar refractivity (Wildman–Crippen MR) is 71.8 cm³/mol. The third-order valence-corrected chi connectivity index (χ3v) is 4.20. The average Bonchev–Trinajstić information content (AvgIpc) is 2.54. The molecule has 2 atom stereocenters. The number of hydrogen-bond donors (Lipinski definition) is 1. The Hall–Kier alpha value is -0.180. The van der Waals surface area contributed by atoms with Crippen molar-refractivity contribution in [3.05, 3.63) is 0 Å². The van der Waals surface area contributed by atoms with Gasteiger partial charge in [-0.05, 0) is 23.0 Å². The van der Waals surface area contributed by atoms with Gasteiger partial charge in [0.25, 0.3) is 0 Å². The van der Waals surface area contributed by atoms with Crippen molar-refractivity contribution < 1.29 is 4.79 Å². The molecule has 0 N–H and O–H groups in total. The molecule has 94 valence electrons. The molecule has 2 nitrogen and oxygen atoms in total. The third-order valence-electron chi connectivity index (χ3n) is 3.76. The lowest BCUT2D eigenvalue weighted by Crippen LogP contribution is -2.37. The predicted octanol–water partition coefficient (Wildman–Crippen LogP) is 2.84. The van der Waals surface area contributed by atoms with E-state index in [-0.39, 0.29) is 5.41 Å². The van der Waals surface area contributed by atoms with E-state index in [0.717, 1.165) is 31.7 Å². The van der Waals surface area contributed by atoms with Crippen molar-refractivity contribution in [2.24, 2.45) is 17.3 Å². The normalized spacial score (nSPS) is 23.9. The molecule has 1 saturated heterocycles. The van der Waals surface area contributed by atoms with Crippen LogP contribution in [0.25, 0.3) is 0 Å². The number of likely N-dealkylation sites (tertiary alicyclic amines) is 1. The van der Waals surface area contributed by atoms with Crippen molar-refractivity contribution in [3.8, 4) is 0 Å². The van der Waals surface area contributed by atoms with Crippen LogP contribution >= 0.6 is 12.6 Å². The van der Waals surface area contributed by atoms with Gasteiger partial charge in [-0.2, -0.15) is 12.6 Å². The maximum absolute atomic E-state index is 11.8. The zero-order chi connectivity index (χ0) is 12.3. The fourth-order valence-corrected chi connectivity index (χ4v) is 2.84. The lowest BCUT2D eigenvalue weighted by atomic mass is 9.81. The van der Waals surface area contributed by atoms with Gasteiger partial charge in [0.05, 0.1) is 0 Å². The van der Waals surface area contributed by atoms with E-state index >= 15 is 0 Å². The highest BCUT2D eigenvalue weighted by Crippen LogP contribution is 2.30. The summed E-state index contributed by atoms with van der Waals surface area (Å²) in [6.45, 7) is 10.7. The summed E-state index contributed by atoms with van der Waals surface area (Å²) in [5, 5.41) is 0. The van der Waals surface area contributed by atoms with E-state index < -0.39 is 0 Å². The Morgan fingerprint density at radius 2 is 2.12 bits per heavy atom. The van der Waals surface area contributed by atoms with Crippen molar-refractivity contribution in [3.63, 3.8) is 0 Å². The molecule has 0 aromatic rings. The van der Waals surface area contributed by atoms with Crippen LogP contribution in [0.1, 0.15) is 40.5 Å². The number of carbonyl (C=O) groups is 1. The molecule has 1 amide bonds. The summed E-state index contributed by atoms with van der Waals surface area (Å²) in [5.74, 6) is 2.25. The Morgan fingerprint density at radius 3 is 2.50 bits per heavy atom. The first kappa shape index (κ1) is 13.9. The molecule has 0 bridgehead atoms. The van der Waals surface area contributed by atoms with Crippen molar-refractivity contribution in [1.29, 1.82) is 0 Å². The van der Waals surface area contributed by atoms with Gasteiger partial charge in [-0.25, -0.2) is 0 Å². The highest BCUT2D eigenvalue weighted by atomic mass is 32.1. The molecule has 0 aromatic carbocycles. The number of rotatable bonds is 4. The minimum Gasteiger partial charge on any atom is -0.342 e. The Kier molecular flexibility index (Phi) is 4.72. The van der Waals surface area contributed by atoms with E-state index in [4.69, 9.17) is 0 Å². The molecule has 2 unspecified atom stereocenters. The van der Waals surface area contributed by atoms with Gasteiger partial charge < -0.3 is 4.90 Å². The molecule has 16 heavy (non-hydrogen) atoms. The first-order valence-electron chi connectivity index (χ1n) is 6.27. The smallest absolute Gasteiger partial charge is 0.222 e. The second-order valence-corrected chi connectivity index (χ2v) is 6.39. The average molecular weight is 243 g/mol. The Morgan fingerprint density at radius 1 is 1.50 bits per heavy atom. The molecular weight excluding hydrogens is 218 g/mol. The van der Waals surface area contributed by atoms with Gasteiger partial charge in [0.2, 0.25) is 5.91 Å². The zero-order valence-electron chi connectivity index (χ0n) is 11.0. The molecule has 0 aromatic heterocycles. The van der Waals surface area contributed by atoms with Crippen LogP contribution in [0.15, 0.2) is 0 Å². The van der Waals surface area contributed by atoms with E-state index in [1.54, 1.807) is 0 Å². The van der Waals surface area contributed by atoms with E-state index in [0.29, 0.717) is 17.7 Å². The first-order valence-corrected chi connectivity index (χ1v) is 6.90. The molecule has 1 rings (SSSR count). The summed E-state index contributed by atoms with van der Waals surface area (Å²) < 4.78 is 0. The highest BCUT2D eigenvalue weighted by Gasteiger charge is 2.32. The van der Waals surface area contributed by atoms with Crippen molar-refractivity contribution in [2.45, 2.75) is 40.5 Å². The van der Waals surface area contributed by atoms with Crippen molar-refractivity contribution in [1.82, 2.24) is 4.90 Å². The maximum atomic E-state index is 11.8. The summed E-state index contributed by atoms with van der Waals surface area (Å²) in [4.78, 5) is 13.9. The van der Waals surface area contributed by atoms with E-state index in [2.05, 4.69) is 40.3 Å². The SMILES string of the molecule is CCC1CC(=O)N(CC(CS)C(C)(C)C)C1. The minimum absolute atomic E-state index is 0.229. The molecule has 1 aliphatic rings. The lowest BCUT2D eigenvalue weighted by Gasteiger charge is -2.33. The minimum atomic E-state index is 0.229. The largest absolute Gasteiger partial charge is 0.342 e. The van der Waals surface area contributed by atoms with Gasteiger partial charge in [-0.1, -0.05) is 34.1 Å². The van der Waals surface area contributed by atoms with Gasteiger partial charge in [0, 0.05) is 19.5 Å². The summed E-state index contributed by atoms with van der Waals surface area (Å²) >= 11 is 4.42. The topological polar surface area (TPSA) is 20.3 Å². The van der Waals surface area contributed by atoms with Gasteiger partial charge >= 0.3 is 0 Å². The van der Waals surface area contributed by atoms with Crippen LogP contribution in [-0.4, -0.2) is 29.6 Å². The van der Waals surface area contributed by atoms with Crippen molar-refractivity contribution in [2.75, 3.05) is 18.8 Å². The van der Waals surface area contributed by atoms with Crippen LogP contribution in [-0.2, 0) is 4.79 Å². The molecule has 1 heterocycles. The molecule has 0 saturated carbocycles. The number of thiol groups is 1. The Labute approximate surface area is 105 Å². The number of hydrogen-bond acceptors (Lipinski definition) is 2. The second kappa shape index (κ2) is 5.44. The van der Waals surface area contributed by atoms with Crippen LogP contribution in [0, 0.1) is 17.3 Å². The molecule has 0 spiro atoms. The third kappa shape index (κ3) is 3.41. The van der Waals surface area contributed by atoms with E-state index in [1.807, 2.05) is 4.90 Å².